The lowest BCUT2D eigenvalue weighted by atomic mass is 9.66. The summed E-state index contributed by atoms with van der Waals surface area (Å²) in [7, 11) is 0. The van der Waals surface area contributed by atoms with Crippen molar-refractivity contribution in [3.05, 3.63) is 34.3 Å². The van der Waals surface area contributed by atoms with E-state index >= 15 is 0 Å². The molecule has 0 aromatic heterocycles. The van der Waals surface area contributed by atoms with Crippen LogP contribution in [0.1, 0.15) is 25.3 Å². The van der Waals surface area contributed by atoms with Crippen LogP contribution in [0.3, 0.4) is 0 Å². The highest BCUT2D eigenvalue weighted by Crippen LogP contribution is 2.45. The van der Waals surface area contributed by atoms with Crippen molar-refractivity contribution in [1.29, 1.82) is 0 Å². The number of hydrogen-bond donors (Lipinski definition) is 2. The van der Waals surface area contributed by atoms with Crippen LogP contribution in [0, 0.1) is 5.41 Å². The SMILES string of the molecule is CC(O)(c1cccc(Br)c1)C1(CN)CCCOC1. The van der Waals surface area contributed by atoms with Gasteiger partial charge in [0, 0.05) is 23.0 Å². The second-order valence-electron chi connectivity index (χ2n) is 5.22. The van der Waals surface area contributed by atoms with E-state index in [1.165, 1.54) is 0 Å². The fourth-order valence-corrected chi connectivity index (χ4v) is 3.09. The van der Waals surface area contributed by atoms with Crippen molar-refractivity contribution in [3.8, 4) is 0 Å². The number of nitrogens with two attached hydrogens (primary N) is 1. The third-order valence-electron chi connectivity index (χ3n) is 4.13. The van der Waals surface area contributed by atoms with E-state index in [2.05, 4.69) is 15.9 Å². The Morgan fingerprint density at radius 1 is 1.56 bits per heavy atom. The number of rotatable bonds is 3. The molecule has 0 radical (unpaired) electrons. The van der Waals surface area contributed by atoms with Crippen LogP contribution >= 0.6 is 15.9 Å². The third-order valence-corrected chi connectivity index (χ3v) is 4.63. The van der Waals surface area contributed by atoms with Crippen molar-refractivity contribution in [1.82, 2.24) is 0 Å². The molecule has 1 aromatic rings. The van der Waals surface area contributed by atoms with Crippen molar-refractivity contribution in [2.45, 2.75) is 25.4 Å². The van der Waals surface area contributed by atoms with E-state index < -0.39 is 11.0 Å². The Balaban J connectivity index is 2.38. The summed E-state index contributed by atoms with van der Waals surface area (Å²) in [6.45, 7) is 3.54. The summed E-state index contributed by atoms with van der Waals surface area (Å²) < 4.78 is 6.52. The molecular formula is C14H20BrNO2. The van der Waals surface area contributed by atoms with Crippen LogP contribution in [0.4, 0.5) is 0 Å². The lowest BCUT2D eigenvalue weighted by molar-refractivity contribution is -0.139. The van der Waals surface area contributed by atoms with Gasteiger partial charge in [-0.1, -0.05) is 28.1 Å². The van der Waals surface area contributed by atoms with Gasteiger partial charge in [0.2, 0.25) is 0 Å². The summed E-state index contributed by atoms with van der Waals surface area (Å²) in [5, 5.41) is 11.0. The minimum atomic E-state index is -0.980. The fraction of sp³-hybridized carbons (Fsp3) is 0.571. The summed E-state index contributed by atoms with van der Waals surface area (Å²) in [5.41, 5.74) is 5.45. The molecule has 1 aliphatic heterocycles. The van der Waals surface area contributed by atoms with Gasteiger partial charge in [-0.05, 0) is 37.5 Å². The lowest BCUT2D eigenvalue weighted by Gasteiger charge is -2.47. The molecule has 100 valence electrons. The van der Waals surface area contributed by atoms with E-state index in [-0.39, 0.29) is 0 Å². The van der Waals surface area contributed by atoms with E-state index in [0.717, 1.165) is 29.5 Å². The molecule has 18 heavy (non-hydrogen) atoms. The van der Waals surface area contributed by atoms with Gasteiger partial charge in [-0.2, -0.15) is 0 Å². The number of aliphatic hydroxyl groups is 1. The first-order chi connectivity index (χ1) is 8.52. The molecule has 3 N–H and O–H groups in total. The Morgan fingerprint density at radius 2 is 2.33 bits per heavy atom. The van der Waals surface area contributed by atoms with Crippen molar-refractivity contribution in [3.63, 3.8) is 0 Å². The van der Waals surface area contributed by atoms with Crippen LogP contribution in [0.5, 0.6) is 0 Å². The number of hydrogen-bond acceptors (Lipinski definition) is 3. The molecule has 0 amide bonds. The van der Waals surface area contributed by atoms with Crippen LogP contribution in [-0.2, 0) is 10.3 Å². The average molecular weight is 314 g/mol. The topological polar surface area (TPSA) is 55.5 Å². The monoisotopic (exact) mass is 313 g/mol. The normalized spacial score (nSPS) is 27.8. The predicted molar refractivity (Wildman–Crippen MR) is 75.3 cm³/mol. The summed E-state index contributed by atoms with van der Waals surface area (Å²) in [6, 6.07) is 7.77. The second kappa shape index (κ2) is 5.29. The molecule has 1 saturated heterocycles. The Bertz CT molecular complexity index is 414. The number of halogens is 1. The molecule has 1 aromatic carbocycles. The van der Waals surface area contributed by atoms with Gasteiger partial charge in [-0.3, -0.25) is 0 Å². The summed E-state index contributed by atoms with van der Waals surface area (Å²) in [6.07, 6.45) is 1.84. The van der Waals surface area contributed by atoms with Crippen molar-refractivity contribution in [2.24, 2.45) is 11.1 Å². The second-order valence-corrected chi connectivity index (χ2v) is 6.14. The Hall–Kier alpha value is -0.420. The standard InChI is InChI=1S/C14H20BrNO2/c1-13(17,11-4-2-5-12(15)8-11)14(9-16)6-3-7-18-10-14/h2,4-5,8,17H,3,6-7,9-10,16H2,1H3. The largest absolute Gasteiger partial charge is 0.385 e. The van der Waals surface area contributed by atoms with E-state index in [4.69, 9.17) is 10.5 Å². The zero-order valence-electron chi connectivity index (χ0n) is 10.7. The highest BCUT2D eigenvalue weighted by Gasteiger charge is 2.48. The Kier molecular flexibility index (Phi) is 4.11. The highest BCUT2D eigenvalue weighted by molar-refractivity contribution is 9.10. The van der Waals surface area contributed by atoms with E-state index in [1.807, 2.05) is 31.2 Å². The molecule has 2 unspecified atom stereocenters. The van der Waals surface area contributed by atoms with Crippen LogP contribution in [0.15, 0.2) is 28.7 Å². The van der Waals surface area contributed by atoms with Gasteiger partial charge in [0.05, 0.1) is 12.2 Å². The summed E-state index contributed by atoms with van der Waals surface area (Å²) in [4.78, 5) is 0. The summed E-state index contributed by atoms with van der Waals surface area (Å²) >= 11 is 3.44. The van der Waals surface area contributed by atoms with E-state index in [1.54, 1.807) is 0 Å². The lowest BCUT2D eigenvalue weighted by Crippen LogP contribution is -2.53. The molecule has 0 aliphatic carbocycles. The number of ether oxygens (including phenoxy) is 1. The molecule has 0 bridgehead atoms. The molecule has 1 heterocycles. The molecule has 3 nitrogen and oxygen atoms in total. The van der Waals surface area contributed by atoms with Gasteiger partial charge < -0.3 is 15.6 Å². The smallest absolute Gasteiger partial charge is 0.0959 e. The molecule has 4 heteroatoms. The zero-order chi connectivity index (χ0) is 13.2. The van der Waals surface area contributed by atoms with Gasteiger partial charge >= 0.3 is 0 Å². The maximum absolute atomic E-state index is 11.0. The zero-order valence-corrected chi connectivity index (χ0v) is 12.2. The van der Waals surface area contributed by atoms with E-state index in [9.17, 15) is 5.11 Å². The fourth-order valence-electron chi connectivity index (χ4n) is 2.69. The maximum Gasteiger partial charge on any atom is 0.0959 e. The average Bonchev–Trinajstić information content (AvgIpc) is 2.39. The molecule has 1 aliphatic rings. The van der Waals surface area contributed by atoms with Crippen LogP contribution < -0.4 is 5.73 Å². The first kappa shape index (κ1) is 14.0. The molecule has 1 fully saturated rings. The van der Waals surface area contributed by atoms with E-state index in [0.29, 0.717) is 13.2 Å². The van der Waals surface area contributed by atoms with Gasteiger partial charge in [-0.15, -0.1) is 0 Å². The molecule has 2 atom stereocenters. The first-order valence-corrected chi connectivity index (χ1v) is 7.07. The van der Waals surface area contributed by atoms with Crippen LogP contribution in [-0.4, -0.2) is 24.9 Å². The minimum Gasteiger partial charge on any atom is -0.385 e. The van der Waals surface area contributed by atoms with Gasteiger partial charge in [0.1, 0.15) is 0 Å². The van der Waals surface area contributed by atoms with Crippen molar-refractivity contribution < 1.29 is 9.84 Å². The maximum atomic E-state index is 11.0. The minimum absolute atomic E-state index is 0.397. The molecule has 2 rings (SSSR count). The quantitative estimate of drug-likeness (QED) is 0.901. The van der Waals surface area contributed by atoms with Gasteiger partial charge in [0.25, 0.3) is 0 Å². The Labute approximate surface area is 116 Å². The van der Waals surface area contributed by atoms with Crippen LogP contribution in [0.2, 0.25) is 0 Å². The third kappa shape index (κ3) is 2.35. The predicted octanol–water partition coefficient (Wildman–Crippen LogP) is 2.41. The number of benzene rings is 1. The van der Waals surface area contributed by atoms with Crippen molar-refractivity contribution in [2.75, 3.05) is 19.8 Å². The van der Waals surface area contributed by atoms with Crippen LogP contribution in [0.25, 0.3) is 0 Å². The molecule has 0 spiro atoms. The van der Waals surface area contributed by atoms with Gasteiger partial charge in [0.15, 0.2) is 0 Å². The van der Waals surface area contributed by atoms with Crippen molar-refractivity contribution >= 4 is 15.9 Å². The molecular weight excluding hydrogens is 294 g/mol. The van der Waals surface area contributed by atoms with Gasteiger partial charge in [-0.25, -0.2) is 0 Å². The Morgan fingerprint density at radius 3 is 2.89 bits per heavy atom. The summed E-state index contributed by atoms with van der Waals surface area (Å²) in [5.74, 6) is 0. The first-order valence-electron chi connectivity index (χ1n) is 6.28. The highest BCUT2D eigenvalue weighted by atomic mass is 79.9. The molecule has 0 saturated carbocycles.